The second kappa shape index (κ2) is 7.07. The van der Waals surface area contributed by atoms with E-state index in [1.165, 1.54) is 6.08 Å². The first kappa shape index (κ1) is 14.6. The number of rotatable bonds is 4. The Morgan fingerprint density at radius 2 is 2.35 bits per heavy atom. The lowest BCUT2D eigenvalue weighted by Gasteiger charge is -2.33. The van der Waals surface area contributed by atoms with Gasteiger partial charge in [0.1, 0.15) is 5.75 Å². The molecule has 5 nitrogen and oxygen atoms in total. The van der Waals surface area contributed by atoms with Gasteiger partial charge in [-0.2, -0.15) is 0 Å². The number of para-hydroxylation sites is 1. The minimum absolute atomic E-state index is 0.0890. The van der Waals surface area contributed by atoms with Crippen LogP contribution < -0.4 is 4.74 Å². The monoisotopic (exact) mass is 277 g/mol. The van der Waals surface area contributed by atoms with Crippen LogP contribution >= 0.6 is 0 Å². The van der Waals surface area contributed by atoms with E-state index >= 15 is 0 Å². The molecule has 1 amide bonds. The lowest BCUT2D eigenvalue weighted by molar-refractivity contribution is -0.136. The molecule has 1 saturated heterocycles. The molecule has 0 aromatic heterocycles. The zero-order valence-corrected chi connectivity index (χ0v) is 11.5. The van der Waals surface area contributed by atoms with E-state index in [4.69, 9.17) is 9.47 Å². The normalized spacial score (nSPS) is 19.3. The summed E-state index contributed by atoms with van der Waals surface area (Å²) in [6.07, 6.45) is 3.23. The van der Waals surface area contributed by atoms with Gasteiger partial charge in [0.25, 0.3) is 0 Å². The van der Waals surface area contributed by atoms with E-state index < -0.39 is 0 Å². The average Bonchev–Trinajstić information content (AvgIpc) is 2.52. The first-order chi connectivity index (χ1) is 9.76. The van der Waals surface area contributed by atoms with E-state index in [-0.39, 0.29) is 18.6 Å². The number of aliphatic hydroxyl groups excluding tert-OH is 1. The van der Waals surface area contributed by atoms with Crippen molar-refractivity contribution in [3.63, 3.8) is 0 Å². The van der Waals surface area contributed by atoms with Crippen LogP contribution in [0.5, 0.6) is 5.75 Å². The highest BCUT2D eigenvalue weighted by molar-refractivity contribution is 5.92. The Morgan fingerprint density at radius 1 is 1.55 bits per heavy atom. The molecule has 1 N–H and O–H groups in total. The van der Waals surface area contributed by atoms with E-state index in [9.17, 15) is 9.90 Å². The van der Waals surface area contributed by atoms with Crippen LogP contribution in [-0.2, 0) is 9.53 Å². The van der Waals surface area contributed by atoms with Crippen molar-refractivity contribution in [2.24, 2.45) is 0 Å². The van der Waals surface area contributed by atoms with Crippen LogP contribution in [0.2, 0.25) is 0 Å². The third-order valence-corrected chi connectivity index (χ3v) is 3.27. The molecule has 5 heteroatoms. The van der Waals surface area contributed by atoms with Gasteiger partial charge < -0.3 is 19.5 Å². The zero-order chi connectivity index (χ0) is 14.4. The molecule has 20 heavy (non-hydrogen) atoms. The highest BCUT2D eigenvalue weighted by atomic mass is 16.5. The smallest absolute Gasteiger partial charge is 0.247 e. The van der Waals surface area contributed by atoms with Crippen molar-refractivity contribution >= 4 is 12.0 Å². The first-order valence-electron chi connectivity index (χ1n) is 6.56. The van der Waals surface area contributed by atoms with E-state index in [1.54, 1.807) is 18.1 Å². The molecule has 1 aliphatic heterocycles. The van der Waals surface area contributed by atoms with Crippen LogP contribution in [0.25, 0.3) is 6.08 Å². The number of hydrogen-bond acceptors (Lipinski definition) is 4. The highest BCUT2D eigenvalue weighted by Crippen LogP contribution is 2.19. The van der Waals surface area contributed by atoms with Crippen LogP contribution in [0.3, 0.4) is 0 Å². The quantitative estimate of drug-likeness (QED) is 0.832. The maximum atomic E-state index is 12.2. The van der Waals surface area contributed by atoms with Gasteiger partial charge in [0.2, 0.25) is 5.91 Å². The fraction of sp³-hybridized carbons (Fsp3) is 0.400. The Balaban J connectivity index is 2.08. The summed E-state index contributed by atoms with van der Waals surface area (Å²) in [5.41, 5.74) is 0.845. The number of aliphatic hydroxyl groups is 1. The Labute approximate surface area is 118 Å². The molecule has 2 rings (SSSR count). The van der Waals surface area contributed by atoms with Crippen LogP contribution in [-0.4, -0.2) is 55.4 Å². The summed E-state index contributed by atoms with van der Waals surface area (Å²) in [5, 5.41) is 9.26. The van der Waals surface area contributed by atoms with E-state index in [1.807, 2.05) is 24.3 Å². The Hall–Kier alpha value is -1.85. The molecule has 1 unspecified atom stereocenters. The van der Waals surface area contributed by atoms with Gasteiger partial charge in [0.05, 0.1) is 33.0 Å². The molecule has 0 spiro atoms. The van der Waals surface area contributed by atoms with Crippen molar-refractivity contribution in [3.8, 4) is 5.75 Å². The molecule has 1 aromatic carbocycles. The number of carbonyl (C=O) groups excluding carboxylic acids is 1. The van der Waals surface area contributed by atoms with Gasteiger partial charge in [-0.15, -0.1) is 0 Å². The summed E-state index contributed by atoms with van der Waals surface area (Å²) >= 11 is 0. The van der Waals surface area contributed by atoms with Crippen LogP contribution in [0, 0.1) is 0 Å². The Morgan fingerprint density at radius 3 is 3.10 bits per heavy atom. The number of benzene rings is 1. The summed E-state index contributed by atoms with van der Waals surface area (Å²) in [6.45, 7) is 1.30. The molecule has 1 aliphatic rings. The zero-order valence-electron chi connectivity index (χ0n) is 11.5. The van der Waals surface area contributed by atoms with Crippen molar-refractivity contribution < 1.29 is 19.4 Å². The van der Waals surface area contributed by atoms with Crippen molar-refractivity contribution in [1.82, 2.24) is 4.90 Å². The van der Waals surface area contributed by atoms with E-state index in [0.717, 1.165) is 11.3 Å². The lowest BCUT2D eigenvalue weighted by atomic mass is 10.1. The molecular formula is C15H19NO4. The van der Waals surface area contributed by atoms with E-state index in [0.29, 0.717) is 19.8 Å². The van der Waals surface area contributed by atoms with Gasteiger partial charge in [-0.25, -0.2) is 0 Å². The summed E-state index contributed by atoms with van der Waals surface area (Å²) in [7, 11) is 1.60. The first-order valence-corrected chi connectivity index (χ1v) is 6.56. The summed E-state index contributed by atoms with van der Waals surface area (Å²) in [4.78, 5) is 13.8. The molecule has 0 radical (unpaired) electrons. The fourth-order valence-corrected chi connectivity index (χ4v) is 2.16. The molecule has 1 atom stereocenters. The third kappa shape index (κ3) is 3.37. The maximum Gasteiger partial charge on any atom is 0.247 e. The van der Waals surface area contributed by atoms with Crippen molar-refractivity contribution in [3.05, 3.63) is 35.9 Å². The van der Waals surface area contributed by atoms with Crippen molar-refractivity contribution in [1.29, 1.82) is 0 Å². The largest absolute Gasteiger partial charge is 0.496 e. The molecule has 0 saturated carbocycles. The summed E-state index contributed by atoms with van der Waals surface area (Å²) in [6, 6.07) is 7.22. The lowest BCUT2D eigenvalue weighted by Crippen LogP contribution is -2.49. The van der Waals surface area contributed by atoms with Crippen molar-refractivity contribution in [2.45, 2.75) is 6.04 Å². The van der Waals surface area contributed by atoms with Gasteiger partial charge in [0.15, 0.2) is 0 Å². The number of carbonyl (C=O) groups is 1. The summed E-state index contributed by atoms with van der Waals surface area (Å²) < 4.78 is 10.5. The van der Waals surface area contributed by atoms with Gasteiger partial charge in [-0.05, 0) is 12.1 Å². The van der Waals surface area contributed by atoms with Crippen molar-refractivity contribution in [2.75, 3.05) is 33.5 Å². The minimum Gasteiger partial charge on any atom is -0.496 e. The van der Waals surface area contributed by atoms with Crippen LogP contribution in [0.1, 0.15) is 5.56 Å². The van der Waals surface area contributed by atoms with Gasteiger partial charge in [-0.1, -0.05) is 18.2 Å². The minimum atomic E-state index is -0.265. The summed E-state index contributed by atoms with van der Waals surface area (Å²) in [5.74, 6) is 0.593. The van der Waals surface area contributed by atoms with Crippen LogP contribution in [0.15, 0.2) is 30.3 Å². The SMILES string of the molecule is COc1ccccc1/C=C/C(=O)N1CCOCC1CO. The average molecular weight is 277 g/mol. The highest BCUT2D eigenvalue weighted by Gasteiger charge is 2.25. The Kier molecular flexibility index (Phi) is 5.15. The molecule has 0 aliphatic carbocycles. The molecule has 1 heterocycles. The molecular weight excluding hydrogens is 258 g/mol. The molecule has 0 bridgehead atoms. The number of nitrogens with zero attached hydrogens (tertiary/aromatic N) is 1. The second-order valence-electron chi connectivity index (χ2n) is 4.52. The maximum absolute atomic E-state index is 12.2. The predicted molar refractivity (Wildman–Crippen MR) is 75.4 cm³/mol. The molecule has 1 aromatic rings. The predicted octanol–water partition coefficient (Wildman–Crippen LogP) is 0.928. The number of amides is 1. The van der Waals surface area contributed by atoms with Gasteiger partial charge in [-0.3, -0.25) is 4.79 Å². The van der Waals surface area contributed by atoms with Gasteiger partial charge >= 0.3 is 0 Å². The second-order valence-corrected chi connectivity index (χ2v) is 4.52. The van der Waals surface area contributed by atoms with Gasteiger partial charge in [0, 0.05) is 18.2 Å². The number of hydrogen-bond donors (Lipinski definition) is 1. The molecule has 1 fully saturated rings. The number of ether oxygens (including phenoxy) is 2. The standard InChI is InChI=1S/C15H19NO4/c1-19-14-5-3-2-4-12(14)6-7-15(18)16-8-9-20-11-13(16)10-17/h2-7,13,17H,8-11H2,1H3/b7-6+. The fourth-order valence-electron chi connectivity index (χ4n) is 2.16. The van der Waals surface area contributed by atoms with E-state index in [2.05, 4.69) is 0 Å². The number of methoxy groups -OCH3 is 1. The third-order valence-electron chi connectivity index (χ3n) is 3.27. The topological polar surface area (TPSA) is 59.0 Å². The van der Waals surface area contributed by atoms with Crippen LogP contribution in [0.4, 0.5) is 0 Å². The Bertz CT molecular complexity index is 487. The number of morpholine rings is 1. The molecule has 108 valence electrons.